The van der Waals surface area contributed by atoms with Crippen molar-refractivity contribution in [2.24, 2.45) is 0 Å². The van der Waals surface area contributed by atoms with Crippen LogP contribution in [0.1, 0.15) is 0 Å². The molecule has 0 aliphatic rings. The molecule has 50 heavy (non-hydrogen) atoms. The van der Waals surface area contributed by atoms with Crippen LogP contribution in [0.2, 0.25) is 0 Å². The highest BCUT2D eigenvalue weighted by atomic mass is 16.3. The smallest absolute Gasteiger partial charge is 0.165 e. The SMILES string of the molecule is c1ccc(-c2nc(-c3ccccc3)nc(-c3c(-c4ccccc4)ccc4oc5ccc6c7ccccc7n(-c7ccccc7)c6c5c34)n2)cc1. The van der Waals surface area contributed by atoms with Gasteiger partial charge in [0, 0.05) is 38.5 Å². The van der Waals surface area contributed by atoms with Crippen LogP contribution in [-0.2, 0) is 0 Å². The maximum absolute atomic E-state index is 6.75. The molecule has 0 saturated carbocycles. The van der Waals surface area contributed by atoms with Gasteiger partial charge in [0.05, 0.1) is 16.4 Å². The van der Waals surface area contributed by atoms with Gasteiger partial charge in [-0.05, 0) is 53.6 Å². The maximum Gasteiger partial charge on any atom is 0.165 e. The third-order valence-corrected chi connectivity index (χ3v) is 9.46. The predicted molar refractivity (Wildman–Crippen MR) is 203 cm³/mol. The first-order valence-electron chi connectivity index (χ1n) is 16.7. The van der Waals surface area contributed by atoms with Crippen LogP contribution >= 0.6 is 0 Å². The van der Waals surface area contributed by atoms with Crippen LogP contribution < -0.4 is 0 Å². The Morgan fingerprint density at radius 2 is 0.920 bits per heavy atom. The molecule has 0 spiro atoms. The molecule has 5 nitrogen and oxygen atoms in total. The zero-order valence-electron chi connectivity index (χ0n) is 26.9. The van der Waals surface area contributed by atoms with Crippen molar-refractivity contribution in [1.29, 1.82) is 0 Å². The lowest BCUT2D eigenvalue weighted by atomic mass is 9.94. The molecular weight excluding hydrogens is 613 g/mol. The third kappa shape index (κ3) is 4.45. The summed E-state index contributed by atoms with van der Waals surface area (Å²) in [5, 5.41) is 4.33. The average molecular weight is 641 g/mol. The van der Waals surface area contributed by atoms with E-state index in [1.54, 1.807) is 0 Å². The lowest BCUT2D eigenvalue weighted by Crippen LogP contribution is -2.01. The standard InChI is InChI=1S/C45H28N4O/c1-5-15-29(16-6-1)33-25-27-37-40(39(33)45-47-43(30-17-7-2-8-18-30)46-44(48-45)31-19-9-3-10-20-31)41-38(50-37)28-26-35-34-23-13-14-24-36(34)49(42(35)41)32-21-11-4-12-22-32/h1-28H. The van der Waals surface area contributed by atoms with Gasteiger partial charge in [-0.15, -0.1) is 0 Å². The first-order chi connectivity index (χ1) is 24.8. The van der Waals surface area contributed by atoms with Crippen molar-refractivity contribution in [2.75, 3.05) is 0 Å². The van der Waals surface area contributed by atoms with Gasteiger partial charge in [-0.3, -0.25) is 0 Å². The molecule has 0 amide bonds. The second-order valence-corrected chi connectivity index (χ2v) is 12.4. The molecule has 10 aromatic rings. The molecular formula is C45H28N4O. The highest BCUT2D eigenvalue weighted by Crippen LogP contribution is 2.46. The summed E-state index contributed by atoms with van der Waals surface area (Å²) in [6, 6.07) is 58.4. The van der Waals surface area contributed by atoms with E-state index in [4.69, 9.17) is 19.4 Å². The normalized spacial score (nSPS) is 11.6. The molecule has 3 heterocycles. The van der Waals surface area contributed by atoms with Crippen LogP contribution in [0.3, 0.4) is 0 Å². The van der Waals surface area contributed by atoms with E-state index in [0.717, 1.165) is 71.9 Å². The number of rotatable bonds is 5. The van der Waals surface area contributed by atoms with Crippen LogP contribution in [0.25, 0.3) is 94.7 Å². The number of aromatic nitrogens is 4. The lowest BCUT2D eigenvalue weighted by Gasteiger charge is -2.14. The molecule has 0 unspecified atom stereocenters. The van der Waals surface area contributed by atoms with Crippen molar-refractivity contribution >= 4 is 43.7 Å². The van der Waals surface area contributed by atoms with Crippen LogP contribution in [0.5, 0.6) is 0 Å². The van der Waals surface area contributed by atoms with Crippen LogP contribution in [-0.4, -0.2) is 19.5 Å². The van der Waals surface area contributed by atoms with E-state index < -0.39 is 0 Å². The van der Waals surface area contributed by atoms with Gasteiger partial charge in [0.25, 0.3) is 0 Å². The van der Waals surface area contributed by atoms with E-state index >= 15 is 0 Å². The number of hydrogen-bond acceptors (Lipinski definition) is 4. The van der Waals surface area contributed by atoms with Gasteiger partial charge >= 0.3 is 0 Å². The van der Waals surface area contributed by atoms with Crippen molar-refractivity contribution < 1.29 is 4.42 Å². The molecule has 0 radical (unpaired) electrons. The summed E-state index contributed by atoms with van der Waals surface area (Å²) in [5.74, 6) is 1.81. The summed E-state index contributed by atoms with van der Waals surface area (Å²) in [6.45, 7) is 0. The van der Waals surface area contributed by atoms with E-state index in [0.29, 0.717) is 17.5 Å². The van der Waals surface area contributed by atoms with Crippen LogP contribution in [0, 0.1) is 0 Å². The van der Waals surface area contributed by atoms with E-state index in [9.17, 15) is 0 Å². The number of hydrogen-bond donors (Lipinski definition) is 0. The van der Waals surface area contributed by atoms with Gasteiger partial charge in [0.15, 0.2) is 17.5 Å². The number of furan rings is 1. The van der Waals surface area contributed by atoms with Gasteiger partial charge in [0.2, 0.25) is 0 Å². The Morgan fingerprint density at radius 1 is 0.400 bits per heavy atom. The average Bonchev–Trinajstić information content (AvgIpc) is 3.74. The predicted octanol–water partition coefficient (Wildman–Crippen LogP) is 11.5. The van der Waals surface area contributed by atoms with Crippen LogP contribution in [0.4, 0.5) is 0 Å². The minimum Gasteiger partial charge on any atom is -0.456 e. The Hall–Kier alpha value is -6.85. The summed E-state index contributed by atoms with van der Waals surface area (Å²) in [5.41, 5.74) is 9.71. The van der Waals surface area contributed by atoms with E-state index in [-0.39, 0.29) is 0 Å². The van der Waals surface area contributed by atoms with Gasteiger partial charge in [-0.1, -0.05) is 127 Å². The first kappa shape index (κ1) is 28.2. The summed E-state index contributed by atoms with van der Waals surface area (Å²) >= 11 is 0. The number of fused-ring (bicyclic) bond motifs is 7. The topological polar surface area (TPSA) is 56.7 Å². The summed E-state index contributed by atoms with van der Waals surface area (Å²) in [6.07, 6.45) is 0. The fourth-order valence-electron chi connectivity index (χ4n) is 7.26. The minimum absolute atomic E-state index is 0.587. The second-order valence-electron chi connectivity index (χ2n) is 12.4. The first-order valence-corrected chi connectivity index (χ1v) is 16.7. The molecule has 0 bridgehead atoms. The Bertz CT molecular complexity index is 2780. The maximum atomic E-state index is 6.75. The second kappa shape index (κ2) is 11.4. The van der Waals surface area contributed by atoms with E-state index in [2.05, 4.69) is 108 Å². The Kier molecular flexibility index (Phi) is 6.42. The molecule has 0 N–H and O–H groups in total. The van der Waals surface area contributed by atoms with E-state index in [1.165, 1.54) is 5.39 Å². The number of para-hydroxylation sites is 2. The van der Waals surface area contributed by atoms with Gasteiger partial charge in [-0.2, -0.15) is 0 Å². The number of nitrogens with zero attached hydrogens (tertiary/aromatic N) is 4. The summed E-state index contributed by atoms with van der Waals surface area (Å²) in [4.78, 5) is 15.5. The van der Waals surface area contributed by atoms with Crippen molar-refractivity contribution in [2.45, 2.75) is 0 Å². The molecule has 0 aliphatic carbocycles. The molecule has 0 saturated heterocycles. The third-order valence-electron chi connectivity index (χ3n) is 9.46. The van der Waals surface area contributed by atoms with Crippen LogP contribution in [0.15, 0.2) is 174 Å². The van der Waals surface area contributed by atoms with Gasteiger partial charge < -0.3 is 8.98 Å². The molecule has 234 valence electrons. The summed E-state index contributed by atoms with van der Waals surface area (Å²) in [7, 11) is 0. The fourth-order valence-corrected chi connectivity index (χ4v) is 7.26. The molecule has 0 aliphatic heterocycles. The Morgan fingerprint density at radius 3 is 1.58 bits per heavy atom. The minimum atomic E-state index is 0.587. The molecule has 7 aromatic carbocycles. The van der Waals surface area contributed by atoms with Crippen molar-refractivity contribution in [3.63, 3.8) is 0 Å². The summed E-state index contributed by atoms with van der Waals surface area (Å²) < 4.78 is 9.11. The molecule has 0 atom stereocenters. The lowest BCUT2D eigenvalue weighted by molar-refractivity contribution is 0.669. The largest absolute Gasteiger partial charge is 0.456 e. The van der Waals surface area contributed by atoms with Crippen molar-refractivity contribution in [1.82, 2.24) is 19.5 Å². The highest BCUT2D eigenvalue weighted by molar-refractivity contribution is 6.27. The highest BCUT2D eigenvalue weighted by Gasteiger charge is 2.25. The molecule has 10 rings (SSSR count). The van der Waals surface area contributed by atoms with E-state index in [1.807, 2.05) is 66.7 Å². The van der Waals surface area contributed by atoms with Crippen molar-refractivity contribution in [3.05, 3.63) is 170 Å². The Balaban J connectivity index is 1.40. The monoisotopic (exact) mass is 640 g/mol. The molecule has 0 fully saturated rings. The van der Waals surface area contributed by atoms with Gasteiger partial charge in [0.1, 0.15) is 11.2 Å². The zero-order valence-corrected chi connectivity index (χ0v) is 26.9. The quantitative estimate of drug-likeness (QED) is 0.188. The number of benzene rings is 7. The van der Waals surface area contributed by atoms with Gasteiger partial charge in [-0.25, -0.2) is 15.0 Å². The Labute approximate surface area is 287 Å². The van der Waals surface area contributed by atoms with Crippen molar-refractivity contribution in [3.8, 4) is 51.0 Å². The molecule has 3 aromatic heterocycles. The molecule has 5 heteroatoms. The zero-order chi connectivity index (χ0) is 33.0. The fraction of sp³-hybridized carbons (Fsp3) is 0.